The van der Waals surface area contributed by atoms with Gasteiger partial charge < -0.3 is 16.7 Å². The topological polar surface area (TPSA) is 256 Å². The van der Waals surface area contributed by atoms with E-state index in [2.05, 4.69) is 19.7 Å². The third-order valence-corrected chi connectivity index (χ3v) is 6.14. The van der Waals surface area contributed by atoms with Crippen LogP contribution in [-0.2, 0) is 10.0 Å². The summed E-state index contributed by atoms with van der Waals surface area (Å²) in [7, 11) is -4.01. The fourth-order valence-electron chi connectivity index (χ4n) is 3.32. The van der Waals surface area contributed by atoms with Gasteiger partial charge in [-0.25, -0.2) is 0 Å². The predicted octanol–water partition coefficient (Wildman–Crippen LogP) is 1.17. The number of hydrogen-bond acceptors (Lipinski definition) is 7. The first-order valence-electron chi connectivity index (χ1n) is 10.8. The van der Waals surface area contributed by atoms with Gasteiger partial charge in [-0.2, -0.15) is 13.5 Å². The van der Waals surface area contributed by atoms with E-state index in [4.69, 9.17) is 37.9 Å². The van der Waals surface area contributed by atoms with Crippen LogP contribution in [0.3, 0.4) is 0 Å². The summed E-state index contributed by atoms with van der Waals surface area (Å²) in [6.07, 6.45) is 0. The fourth-order valence-corrected chi connectivity index (χ4v) is 4.18. The molecule has 0 atom stereocenters. The normalized spacial score (nSPS) is 10.9. The molecule has 39 heavy (non-hydrogen) atoms. The van der Waals surface area contributed by atoms with E-state index < -0.39 is 21.1 Å². The molecule has 0 aliphatic heterocycles. The highest BCUT2D eigenvalue weighted by molar-refractivity contribution is 7.90. The zero-order valence-corrected chi connectivity index (χ0v) is 20.9. The van der Waals surface area contributed by atoms with Crippen LogP contribution >= 0.6 is 0 Å². The van der Waals surface area contributed by atoms with Gasteiger partial charge in [0.2, 0.25) is 5.96 Å². The van der Waals surface area contributed by atoms with Crippen LogP contribution in [-0.4, -0.2) is 40.4 Å². The summed E-state index contributed by atoms with van der Waals surface area (Å²) in [4.78, 5) is 8.28. The van der Waals surface area contributed by atoms with Crippen LogP contribution in [0.15, 0.2) is 104 Å². The Kier molecular flexibility index (Phi) is 8.64. The Balaban J connectivity index is 0.000000983. The molecule has 0 saturated carbocycles. The van der Waals surface area contributed by atoms with E-state index in [1.807, 2.05) is 60.7 Å². The zero-order chi connectivity index (χ0) is 28.6. The SMILES string of the molecule is NC(=[NH2+])n1nc(-c2ccccc2)c(N=Nc2ccc(S(=O)(=O)N=C(N)N)cc2)c1-c1ccccc1.O=[N+]([O-])O. The van der Waals surface area contributed by atoms with E-state index >= 15 is 0 Å². The third kappa shape index (κ3) is 7.20. The van der Waals surface area contributed by atoms with Crippen LogP contribution in [0.5, 0.6) is 0 Å². The van der Waals surface area contributed by atoms with Gasteiger partial charge in [0.1, 0.15) is 5.69 Å². The number of aromatic nitrogens is 2. The molecule has 0 aliphatic rings. The van der Waals surface area contributed by atoms with E-state index in [1.165, 1.54) is 28.9 Å². The summed E-state index contributed by atoms with van der Waals surface area (Å²) in [5.41, 5.74) is 19.8. The average molecular weight is 552 g/mol. The fraction of sp³-hybridized carbons (Fsp3) is 0. The van der Waals surface area contributed by atoms with Crippen molar-refractivity contribution in [2.45, 2.75) is 4.90 Å². The molecule has 1 aromatic heterocycles. The van der Waals surface area contributed by atoms with E-state index in [0.717, 1.165) is 11.1 Å². The first-order valence-corrected chi connectivity index (χ1v) is 12.3. The molecule has 0 aliphatic carbocycles. The maximum Gasteiger partial charge on any atom is 0.370 e. The monoisotopic (exact) mass is 551 g/mol. The molecule has 3 aromatic carbocycles. The van der Waals surface area contributed by atoms with Crippen molar-refractivity contribution in [3.05, 3.63) is 95.0 Å². The Labute approximate surface area is 221 Å². The van der Waals surface area contributed by atoms with Gasteiger partial charge in [-0.3, -0.25) is 11.1 Å². The molecule has 1 heterocycles. The van der Waals surface area contributed by atoms with Crippen molar-refractivity contribution in [3.8, 4) is 22.5 Å². The van der Waals surface area contributed by atoms with Gasteiger partial charge in [0.15, 0.2) is 11.4 Å². The van der Waals surface area contributed by atoms with Gasteiger partial charge in [0.25, 0.3) is 15.1 Å². The molecule has 15 nitrogen and oxygen atoms in total. The number of benzene rings is 3. The molecule has 200 valence electrons. The Morgan fingerprint density at radius 1 is 0.897 bits per heavy atom. The van der Waals surface area contributed by atoms with Crippen LogP contribution in [0.4, 0.5) is 11.4 Å². The summed E-state index contributed by atoms with van der Waals surface area (Å²) in [6, 6.07) is 24.4. The summed E-state index contributed by atoms with van der Waals surface area (Å²) in [5, 5.41) is 33.0. The second kappa shape index (κ2) is 12.1. The molecule has 0 unspecified atom stereocenters. The molecular weight excluding hydrogens is 528 g/mol. The Morgan fingerprint density at radius 2 is 1.41 bits per heavy atom. The van der Waals surface area contributed by atoms with Gasteiger partial charge >= 0.3 is 5.96 Å². The highest BCUT2D eigenvalue weighted by atomic mass is 32.2. The van der Waals surface area contributed by atoms with Crippen molar-refractivity contribution >= 4 is 33.3 Å². The van der Waals surface area contributed by atoms with E-state index in [1.54, 1.807) is 0 Å². The lowest BCUT2D eigenvalue weighted by molar-refractivity contribution is -0.742. The van der Waals surface area contributed by atoms with Crippen LogP contribution in [0.2, 0.25) is 0 Å². The lowest BCUT2D eigenvalue weighted by Gasteiger charge is -2.02. The van der Waals surface area contributed by atoms with Gasteiger partial charge in [-0.1, -0.05) is 60.7 Å². The molecular formula is C23H23N10O5S+. The molecule has 9 N–H and O–H groups in total. The summed E-state index contributed by atoms with van der Waals surface area (Å²) < 4.78 is 29.0. The van der Waals surface area contributed by atoms with Gasteiger partial charge in [0.05, 0.1) is 10.6 Å². The zero-order valence-electron chi connectivity index (χ0n) is 20.1. The highest BCUT2D eigenvalue weighted by Gasteiger charge is 2.26. The minimum absolute atomic E-state index is 0.0308. The van der Waals surface area contributed by atoms with Crippen LogP contribution in [0, 0.1) is 10.1 Å². The summed E-state index contributed by atoms with van der Waals surface area (Å²) >= 11 is 0. The number of nitrogens with two attached hydrogens (primary N) is 4. The smallest absolute Gasteiger partial charge is 0.369 e. The lowest BCUT2D eigenvalue weighted by atomic mass is 10.1. The molecule has 0 bridgehead atoms. The lowest BCUT2D eigenvalue weighted by Crippen LogP contribution is -2.50. The minimum Gasteiger partial charge on any atom is -0.369 e. The van der Waals surface area contributed by atoms with Gasteiger partial charge in [0, 0.05) is 11.1 Å². The van der Waals surface area contributed by atoms with Crippen molar-refractivity contribution in [1.82, 2.24) is 9.78 Å². The van der Waals surface area contributed by atoms with E-state index in [9.17, 15) is 8.42 Å². The molecule has 0 amide bonds. The number of azo groups is 1. The average Bonchev–Trinajstić information content (AvgIpc) is 3.27. The Morgan fingerprint density at radius 3 is 1.90 bits per heavy atom. The third-order valence-electron chi connectivity index (χ3n) is 4.83. The molecule has 16 heteroatoms. The second-order valence-corrected chi connectivity index (χ2v) is 9.14. The minimum atomic E-state index is -4.01. The Hall–Kier alpha value is -5.64. The maximum absolute atomic E-state index is 12.2. The molecule has 0 fully saturated rings. The number of hydrogen-bond donors (Lipinski definition) is 5. The van der Waals surface area contributed by atoms with Crippen molar-refractivity contribution in [1.29, 1.82) is 0 Å². The van der Waals surface area contributed by atoms with Gasteiger partial charge in [-0.15, -0.1) is 29.4 Å². The number of guanidine groups is 1. The van der Waals surface area contributed by atoms with Crippen LogP contribution in [0.1, 0.15) is 0 Å². The predicted molar refractivity (Wildman–Crippen MR) is 142 cm³/mol. The number of nitrogens with zero attached hydrogens (tertiary/aromatic N) is 6. The summed E-state index contributed by atoms with van der Waals surface area (Å²) in [6.45, 7) is 0. The standard InChI is InChI=1S/C23H21N9O2S.HNO3/c24-22(25)31-35(33,34)18-13-11-17(12-14-18)28-29-20-19(15-7-3-1-4-8-15)30-32(23(26)27)21(20)16-9-5-2-6-10-16;2-1(3)4/h1-14H,(H3,26,27)(H4,24,25,31);(H,2,3,4)/p+1. The van der Waals surface area contributed by atoms with E-state index in [0.29, 0.717) is 22.8 Å². The second-order valence-electron chi connectivity index (χ2n) is 7.54. The number of sulfonamides is 1. The largest absolute Gasteiger partial charge is 0.370 e. The van der Waals surface area contributed by atoms with Crippen molar-refractivity contribution in [2.75, 3.05) is 0 Å². The molecule has 4 aromatic rings. The van der Waals surface area contributed by atoms with Crippen molar-refractivity contribution in [2.24, 2.45) is 31.8 Å². The Bertz CT molecular complexity index is 1630. The first-order chi connectivity index (χ1) is 18.5. The van der Waals surface area contributed by atoms with E-state index in [-0.39, 0.29) is 10.9 Å². The maximum atomic E-state index is 12.2. The van der Waals surface area contributed by atoms with Crippen molar-refractivity contribution < 1.29 is 24.1 Å². The number of rotatable bonds is 6. The molecule has 4 rings (SSSR count). The van der Waals surface area contributed by atoms with Crippen LogP contribution < -0.4 is 22.6 Å². The quantitative estimate of drug-likeness (QED) is 0.0756. The van der Waals surface area contributed by atoms with Crippen molar-refractivity contribution in [3.63, 3.8) is 0 Å². The molecule has 0 saturated heterocycles. The van der Waals surface area contributed by atoms with Crippen LogP contribution in [0.25, 0.3) is 22.5 Å². The van der Waals surface area contributed by atoms with Gasteiger partial charge in [-0.05, 0) is 24.3 Å². The summed E-state index contributed by atoms with van der Waals surface area (Å²) in [5.74, 6) is -0.583. The molecule has 0 spiro atoms. The highest BCUT2D eigenvalue weighted by Crippen LogP contribution is 2.39. The molecule has 0 radical (unpaired) electrons. The first kappa shape index (κ1) is 27.9.